The van der Waals surface area contributed by atoms with E-state index in [0.29, 0.717) is 17.0 Å². The lowest BCUT2D eigenvalue weighted by Crippen LogP contribution is -2.19. The number of amides is 2. The van der Waals surface area contributed by atoms with Crippen molar-refractivity contribution >= 4 is 51.1 Å². The zero-order chi connectivity index (χ0) is 19.6. The number of aromatic nitrogens is 2. The van der Waals surface area contributed by atoms with E-state index in [1.165, 1.54) is 24.5 Å². The van der Waals surface area contributed by atoms with E-state index in [1.54, 1.807) is 6.07 Å². The average molecular weight is 435 g/mol. The monoisotopic (exact) mass is 434 g/mol. The molecule has 0 radical (unpaired) electrons. The minimum atomic E-state index is -4.62. The van der Waals surface area contributed by atoms with E-state index >= 15 is 0 Å². The molecule has 0 aliphatic carbocycles. The number of hydrogen-bond donors (Lipinski definition) is 2. The van der Waals surface area contributed by atoms with E-state index in [9.17, 15) is 18.0 Å². The second-order valence-corrected chi connectivity index (χ2v) is 7.33. The first kappa shape index (κ1) is 19.4. The summed E-state index contributed by atoms with van der Waals surface area (Å²) >= 11 is 7.78. The highest BCUT2D eigenvalue weighted by Gasteiger charge is 2.35. The van der Waals surface area contributed by atoms with Crippen molar-refractivity contribution in [3.8, 4) is 16.2 Å². The molecule has 2 N–H and O–H groups in total. The van der Waals surface area contributed by atoms with Gasteiger partial charge in [-0.3, -0.25) is 5.32 Å². The largest absolute Gasteiger partial charge is 0.495 e. The maximum absolute atomic E-state index is 12.6. The molecule has 0 fully saturated rings. The molecule has 0 atom stereocenters. The number of carbonyl (C=O) groups is 1. The maximum Gasteiger partial charge on any atom is 0.445 e. The molecule has 0 saturated carbocycles. The van der Waals surface area contributed by atoms with Gasteiger partial charge in [0.25, 0.3) is 0 Å². The molecule has 0 aliphatic rings. The number of anilines is 2. The van der Waals surface area contributed by atoms with Gasteiger partial charge in [0.15, 0.2) is 0 Å². The smallest absolute Gasteiger partial charge is 0.445 e. The summed E-state index contributed by atoms with van der Waals surface area (Å²) in [5.41, 5.74) is 1.01. The summed E-state index contributed by atoms with van der Waals surface area (Å²) in [5, 5.41) is 11.8. The van der Waals surface area contributed by atoms with Gasteiger partial charge in [-0.1, -0.05) is 29.0 Å². The van der Waals surface area contributed by atoms with Crippen LogP contribution in [0, 0.1) is 0 Å². The Morgan fingerprint density at radius 1 is 1.26 bits per heavy atom. The Kier molecular flexibility index (Phi) is 5.53. The molecule has 0 bridgehead atoms. The number of hydrogen-bond acceptors (Lipinski definition) is 6. The second kappa shape index (κ2) is 7.71. The lowest BCUT2D eigenvalue weighted by Gasteiger charge is -2.13. The Balaban J connectivity index is 1.83. The van der Waals surface area contributed by atoms with Crippen LogP contribution in [-0.4, -0.2) is 23.3 Å². The molecule has 142 valence electrons. The van der Waals surface area contributed by atoms with E-state index in [1.807, 2.05) is 17.5 Å². The number of alkyl halides is 3. The van der Waals surface area contributed by atoms with Gasteiger partial charge in [0.1, 0.15) is 5.75 Å². The molecule has 2 aromatic heterocycles. The van der Waals surface area contributed by atoms with Crippen LogP contribution < -0.4 is 15.4 Å². The van der Waals surface area contributed by atoms with Crippen molar-refractivity contribution in [1.29, 1.82) is 0 Å². The molecule has 3 aromatic rings. The first-order valence-corrected chi connectivity index (χ1v) is 9.25. The molecular weight excluding hydrogens is 425 g/mol. The highest BCUT2D eigenvalue weighted by atomic mass is 35.5. The molecule has 0 saturated heterocycles. The van der Waals surface area contributed by atoms with Crippen molar-refractivity contribution in [3.05, 3.63) is 39.7 Å². The number of carbonyl (C=O) groups excluding carboxylic acids is 1. The topological polar surface area (TPSA) is 76.1 Å². The number of nitrogens with zero attached hydrogens (tertiary/aromatic N) is 2. The highest BCUT2D eigenvalue weighted by molar-refractivity contribution is 7.15. The number of ether oxygens (including phenoxy) is 1. The summed E-state index contributed by atoms with van der Waals surface area (Å²) in [5.74, 6) is 0.421. The third kappa shape index (κ3) is 4.49. The number of methoxy groups -OCH3 is 1. The third-order valence-corrected chi connectivity index (χ3v) is 5.30. The first-order chi connectivity index (χ1) is 12.8. The fourth-order valence-corrected chi connectivity index (χ4v) is 3.69. The van der Waals surface area contributed by atoms with Crippen molar-refractivity contribution in [2.75, 3.05) is 17.7 Å². The first-order valence-electron chi connectivity index (χ1n) is 7.18. The number of benzene rings is 1. The Morgan fingerprint density at radius 2 is 2.04 bits per heavy atom. The van der Waals surface area contributed by atoms with Crippen LogP contribution in [0.15, 0.2) is 29.6 Å². The highest BCUT2D eigenvalue weighted by Crippen LogP contribution is 2.39. The van der Waals surface area contributed by atoms with E-state index in [2.05, 4.69) is 20.8 Å². The van der Waals surface area contributed by atoms with Crippen LogP contribution in [-0.2, 0) is 6.18 Å². The number of halogens is 4. The van der Waals surface area contributed by atoms with Gasteiger partial charge in [-0.05, 0) is 23.6 Å². The molecule has 2 amide bonds. The molecule has 0 aliphatic heterocycles. The minimum absolute atomic E-state index is 0.227. The molecule has 0 spiro atoms. The van der Waals surface area contributed by atoms with Crippen LogP contribution in [0.4, 0.5) is 28.8 Å². The Hall–Kier alpha value is -2.37. The third-order valence-electron chi connectivity index (χ3n) is 3.21. The van der Waals surface area contributed by atoms with E-state index < -0.39 is 17.2 Å². The van der Waals surface area contributed by atoms with Gasteiger partial charge in [0.2, 0.25) is 10.1 Å². The normalized spacial score (nSPS) is 11.3. The summed E-state index contributed by atoms with van der Waals surface area (Å²) in [4.78, 5) is 13.0. The molecule has 1 aromatic carbocycles. The molecule has 27 heavy (non-hydrogen) atoms. The molecule has 3 rings (SSSR count). The van der Waals surface area contributed by atoms with Crippen molar-refractivity contribution in [1.82, 2.24) is 10.2 Å². The lowest BCUT2D eigenvalue weighted by atomic mass is 10.1. The lowest BCUT2D eigenvalue weighted by molar-refractivity contribution is -0.138. The molecule has 12 heteroatoms. The zero-order valence-corrected chi connectivity index (χ0v) is 15.8. The summed E-state index contributed by atoms with van der Waals surface area (Å²) < 4.78 is 42.9. The van der Waals surface area contributed by atoms with Crippen LogP contribution >= 0.6 is 34.3 Å². The summed E-state index contributed by atoms with van der Waals surface area (Å²) in [6.45, 7) is 0. The minimum Gasteiger partial charge on any atom is -0.495 e. The van der Waals surface area contributed by atoms with E-state index in [0.717, 1.165) is 4.88 Å². The van der Waals surface area contributed by atoms with Crippen LogP contribution in [0.3, 0.4) is 0 Å². The summed E-state index contributed by atoms with van der Waals surface area (Å²) in [7, 11) is 1.47. The van der Waals surface area contributed by atoms with Gasteiger partial charge in [-0.15, -0.1) is 21.5 Å². The van der Waals surface area contributed by atoms with Gasteiger partial charge in [0, 0.05) is 10.4 Å². The average Bonchev–Trinajstić information content (AvgIpc) is 3.26. The molecule has 0 unspecified atom stereocenters. The summed E-state index contributed by atoms with van der Waals surface area (Å²) in [6, 6.07) is 6.06. The quantitative estimate of drug-likeness (QED) is 0.561. The summed E-state index contributed by atoms with van der Waals surface area (Å²) in [6.07, 6.45) is -4.62. The SMILES string of the molecule is COc1cc(-c2cccs2)c(NC(=O)Nc2nnc(C(F)(F)F)s2)cc1Cl. The Labute approximate surface area is 164 Å². The number of nitrogens with one attached hydrogen (secondary N) is 2. The Morgan fingerprint density at radius 3 is 2.63 bits per heavy atom. The van der Waals surface area contributed by atoms with Gasteiger partial charge in [-0.25, -0.2) is 4.79 Å². The van der Waals surface area contributed by atoms with Gasteiger partial charge >= 0.3 is 12.2 Å². The van der Waals surface area contributed by atoms with Crippen molar-refractivity contribution in [2.45, 2.75) is 6.18 Å². The fraction of sp³-hybridized carbons (Fsp3) is 0.133. The fourth-order valence-electron chi connectivity index (χ4n) is 2.09. The van der Waals surface area contributed by atoms with Crippen LogP contribution in [0.25, 0.3) is 10.4 Å². The maximum atomic E-state index is 12.6. The van der Waals surface area contributed by atoms with Crippen molar-refractivity contribution in [2.24, 2.45) is 0 Å². The molecule has 2 heterocycles. The van der Waals surface area contributed by atoms with Crippen LogP contribution in [0.1, 0.15) is 5.01 Å². The van der Waals surface area contributed by atoms with Crippen LogP contribution in [0.2, 0.25) is 5.02 Å². The second-order valence-electron chi connectivity index (χ2n) is 5.00. The molecule has 6 nitrogen and oxygen atoms in total. The number of urea groups is 1. The standard InChI is InChI=1S/C15H10ClF3N4O2S2/c1-25-10-5-7(11-3-2-4-26-11)9(6-8(10)16)20-13(24)21-14-23-22-12(27-14)15(17,18)19/h2-6H,1H3,(H2,20,21,23,24). The van der Waals surface area contributed by atoms with Crippen molar-refractivity contribution in [3.63, 3.8) is 0 Å². The predicted molar refractivity (Wildman–Crippen MR) is 98.9 cm³/mol. The van der Waals surface area contributed by atoms with Gasteiger partial charge in [0.05, 0.1) is 17.8 Å². The Bertz CT molecular complexity index is 961. The van der Waals surface area contributed by atoms with Gasteiger partial charge in [-0.2, -0.15) is 13.2 Å². The van der Waals surface area contributed by atoms with E-state index in [4.69, 9.17) is 16.3 Å². The zero-order valence-electron chi connectivity index (χ0n) is 13.4. The predicted octanol–water partition coefficient (Wildman–Crippen LogP) is 5.59. The number of rotatable bonds is 4. The number of thiophene rings is 1. The van der Waals surface area contributed by atoms with E-state index in [-0.39, 0.29) is 21.5 Å². The van der Waals surface area contributed by atoms with Crippen molar-refractivity contribution < 1.29 is 22.7 Å². The molecular formula is C15H10ClF3N4O2S2. The van der Waals surface area contributed by atoms with Gasteiger partial charge < -0.3 is 10.1 Å². The van der Waals surface area contributed by atoms with Crippen LogP contribution in [0.5, 0.6) is 5.75 Å².